The van der Waals surface area contributed by atoms with Crippen molar-refractivity contribution < 1.29 is 9.59 Å². The van der Waals surface area contributed by atoms with E-state index in [-0.39, 0.29) is 23.2 Å². The molecule has 1 N–H and O–H groups in total. The summed E-state index contributed by atoms with van der Waals surface area (Å²) in [7, 11) is 1.72. The Hall–Kier alpha value is -3.47. The van der Waals surface area contributed by atoms with Crippen LogP contribution in [0.4, 0.5) is 5.69 Å². The summed E-state index contributed by atoms with van der Waals surface area (Å²) in [5.41, 5.74) is 3.16. The van der Waals surface area contributed by atoms with Crippen LogP contribution in [0.1, 0.15) is 32.1 Å². The summed E-state index contributed by atoms with van der Waals surface area (Å²) in [6, 6.07) is 22.1. The maximum atomic E-state index is 12.7. The summed E-state index contributed by atoms with van der Waals surface area (Å²) >= 11 is 0. The molecule has 3 aromatic rings. The summed E-state index contributed by atoms with van der Waals surface area (Å²) in [5.74, 6) is -0.575. The first-order valence-corrected chi connectivity index (χ1v) is 8.68. The van der Waals surface area contributed by atoms with Crippen LogP contribution in [0, 0.1) is 6.92 Å². The van der Waals surface area contributed by atoms with Crippen molar-refractivity contribution in [2.75, 3.05) is 12.4 Å². The van der Waals surface area contributed by atoms with Gasteiger partial charge < -0.3 is 10.2 Å². The molecule has 5 nitrogen and oxygen atoms in total. The molecular weight excluding hydrogens is 338 g/mol. The van der Waals surface area contributed by atoms with E-state index < -0.39 is 0 Å². The van der Waals surface area contributed by atoms with Crippen molar-refractivity contribution in [3.8, 4) is 0 Å². The minimum atomic E-state index is -0.343. The van der Waals surface area contributed by atoms with E-state index in [2.05, 4.69) is 10.3 Å². The lowest BCUT2D eigenvalue weighted by molar-refractivity contribution is 0.0779. The Morgan fingerprint density at radius 3 is 2.30 bits per heavy atom. The van der Waals surface area contributed by atoms with Crippen molar-refractivity contribution >= 4 is 17.5 Å². The molecule has 0 aliphatic rings. The predicted octanol–water partition coefficient (Wildman–Crippen LogP) is 3.91. The second-order valence-corrected chi connectivity index (χ2v) is 6.32. The van der Waals surface area contributed by atoms with Crippen molar-refractivity contribution in [2.24, 2.45) is 0 Å². The number of para-hydroxylation sites is 1. The zero-order valence-electron chi connectivity index (χ0n) is 15.3. The maximum absolute atomic E-state index is 12.7. The van der Waals surface area contributed by atoms with E-state index in [1.54, 1.807) is 30.1 Å². The maximum Gasteiger partial charge on any atom is 0.274 e. The van der Waals surface area contributed by atoms with Crippen molar-refractivity contribution in [3.63, 3.8) is 0 Å². The van der Waals surface area contributed by atoms with E-state index in [1.807, 2.05) is 61.5 Å². The highest BCUT2D eigenvalue weighted by atomic mass is 16.2. The minimum absolute atomic E-state index is 0.206. The number of hydrogen-bond donors (Lipinski definition) is 1. The van der Waals surface area contributed by atoms with Crippen LogP contribution >= 0.6 is 0 Å². The molecule has 2 aromatic carbocycles. The fourth-order valence-corrected chi connectivity index (χ4v) is 2.70. The van der Waals surface area contributed by atoms with E-state index in [1.165, 1.54) is 0 Å². The number of anilines is 1. The highest BCUT2D eigenvalue weighted by molar-refractivity contribution is 6.04. The summed E-state index contributed by atoms with van der Waals surface area (Å²) < 4.78 is 0. The first-order valence-electron chi connectivity index (χ1n) is 8.68. The predicted molar refractivity (Wildman–Crippen MR) is 106 cm³/mol. The fraction of sp³-hybridized carbons (Fsp3) is 0.136. The number of rotatable bonds is 5. The number of nitrogens with one attached hydrogen (secondary N) is 1. The fourth-order valence-electron chi connectivity index (χ4n) is 2.70. The van der Waals surface area contributed by atoms with E-state index in [0.717, 1.165) is 16.8 Å². The molecule has 3 rings (SSSR count). The van der Waals surface area contributed by atoms with Gasteiger partial charge in [0.1, 0.15) is 11.4 Å². The van der Waals surface area contributed by atoms with Gasteiger partial charge in [0.15, 0.2) is 0 Å². The number of aryl methyl sites for hydroxylation is 1. The number of pyridine rings is 1. The van der Waals surface area contributed by atoms with Crippen LogP contribution in [0.25, 0.3) is 0 Å². The second-order valence-electron chi connectivity index (χ2n) is 6.32. The van der Waals surface area contributed by atoms with Gasteiger partial charge in [0, 0.05) is 19.3 Å². The quantitative estimate of drug-likeness (QED) is 0.751. The third-order valence-electron chi connectivity index (χ3n) is 4.20. The summed E-state index contributed by atoms with van der Waals surface area (Å²) in [5, 5.41) is 2.84. The molecule has 0 fully saturated rings. The van der Waals surface area contributed by atoms with Crippen LogP contribution in [0.3, 0.4) is 0 Å². The van der Waals surface area contributed by atoms with Gasteiger partial charge in [0.2, 0.25) is 0 Å². The molecule has 1 aromatic heterocycles. The van der Waals surface area contributed by atoms with Gasteiger partial charge in [-0.25, -0.2) is 4.98 Å². The number of benzene rings is 2. The lowest BCUT2D eigenvalue weighted by Crippen LogP contribution is -2.27. The van der Waals surface area contributed by atoms with Crippen LogP contribution in [-0.2, 0) is 6.54 Å². The first kappa shape index (κ1) is 18.3. The number of aromatic nitrogens is 1. The molecule has 5 heteroatoms. The lowest BCUT2D eigenvalue weighted by atomic mass is 10.2. The van der Waals surface area contributed by atoms with Crippen LogP contribution in [0.15, 0.2) is 72.8 Å². The molecule has 0 aliphatic carbocycles. The van der Waals surface area contributed by atoms with Crippen LogP contribution in [0.2, 0.25) is 0 Å². The van der Waals surface area contributed by atoms with Gasteiger partial charge >= 0.3 is 0 Å². The topological polar surface area (TPSA) is 62.3 Å². The van der Waals surface area contributed by atoms with Crippen LogP contribution < -0.4 is 5.32 Å². The van der Waals surface area contributed by atoms with E-state index in [0.29, 0.717) is 6.54 Å². The van der Waals surface area contributed by atoms with Gasteiger partial charge in [0.25, 0.3) is 11.8 Å². The smallest absolute Gasteiger partial charge is 0.274 e. The summed E-state index contributed by atoms with van der Waals surface area (Å²) in [6.07, 6.45) is 0. The Balaban J connectivity index is 1.73. The van der Waals surface area contributed by atoms with Gasteiger partial charge in [-0.3, -0.25) is 9.59 Å². The number of carbonyl (C=O) groups is 2. The third kappa shape index (κ3) is 4.58. The first-order chi connectivity index (χ1) is 13.0. The zero-order valence-corrected chi connectivity index (χ0v) is 15.3. The van der Waals surface area contributed by atoms with Gasteiger partial charge in [-0.2, -0.15) is 0 Å². The van der Waals surface area contributed by atoms with E-state index >= 15 is 0 Å². The van der Waals surface area contributed by atoms with E-state index in [9.17, 15) is 9.59 Å². The van der Waals surface area contributed by atoms with Crippen molar-refractivity contribution in [1.29, 1.82) is 0 Å². The number of nitrogens with zero attached hydrogens (tertiary/aromatic N) is 2. The molecule has 1 heterocycles. The molecule has 136 valence electrons. The van der Waals surface area contributed by atoms with Gasteiger partial charge in [-0.15, -0.1) is 0 Å². The Labute approximate surface area is 158 Å². The van der Waals surface area contributed by atoms with Crippen LogP contribution in [-0.4, -0.2) is 28.7 Å². The molecule has 0 radical (unpaired) electrons. The molecule has 27 heavy (non-hydrogen) atoms. The van der Waals surface area contributed by atoms with Crippen molar-refractivity contribution in [2.45, 2.75) is 13.5 Å². The SMILES string of the molecule is Cc1ccccc1NC(=O)c1cccc(C(=O)N(C)Cc2ccccc2)n1. The van der Waals surface area contributed by atoms with Gasteiger partial charge in [-0.05, 0) is 36.2 Å². The molecule has 0 saturated heterocycles. The molecule has 0 bridgehead atoms. The molecule has 2 amide bonds. The number of amides is 2. The largest absolute Gasteiger partial charge is 0.336 e. The standard InChI is InChI=1S/C22H21N3O2/c1-16-9-6-7-12-18(16)24-21(26)19-13-8-14-20(23-19)22(27)25(2)15-17-10-4-3-5-11-17/h3-14H,15H2,1-2H3,(H,24,26). The zero-order chi connectivity index (χ0) is 19.2. The molecule has 0 saturated carbocycles. The minimum Gasteiger partial charge on any atom is -0.336 e. The highest BCUT2D eigenvalue weighted by Crippen LogP contribution is 2.15. The summed E-state index contributed by atoms with van der Waals surface area (Å²) in [4.78, 5) is 31.0. The Bertz CT molecular complexity index is 955. The van der Waals surface area contributed by atoms with Crippen molar-refractivity contribution in [1.82, 2.24) is 9.88 Å². The lowest BCUT2D eigenvalue weighted by Gasteiger charge is -2.17. The Morgan fingerprint density at radius 1 is 0.889 bits per heavy atom. The Kier molecular flexibility index (Phi) is 5.61. The normalized spacial score (nSPS) is 10.3. The van der Waals surface area contributed by atoms with Gasteiger partial charge in [-0.1, -0.05) is 54.6 Å². The van der Waals surface area contributed by atoms with Crippen LogP contribution in [0.5, 0.6) is 0 Å². The molecule has 0 spiro atoms. The van der Waals surface area contributed by atoms with Crippen molar-refractivity contribution in [3.05, 3.63) is 95.3 Å². The molecule has 0 unspecified atom stereocenters. The monoisotopic (exact) mass is 359 g/mol. The average Bonchev–Trinajstić information content (AvgIpc) is 2.70. The average molecular weight is 359 g/mol. The van der Waals surface area contributed by atoms with E-state index in [4.69, 9.17) is 0 Å². The summed E-state index contributed by atoms with van der Waals surface area (Å²) in [6.45, 7) is 2.39. The molecular formula is C22H21N3O2. The van der Waals surface area contributed by atoms with Gasteiger partial charge in [0.05, 0.1) is 0 Å². The number of carbonyl (C=O) groups excluding carboxylic acids is 2. The molecule has 0 aliphatic heterocycles. The second kappa shape index (κ2) is 8.27. The number of hydrogen-bond acceptors (Lipinski definition) is 3. The highest BCUT2D eigenvalue weighted by Gasteiger charge is 2.16. The Morgan fingerprint density at radius 2 is 1.56 bits per heavy atom. The molecule has 0 atom stereocenters. The third-order valence-corrected chi connectivity index (χ3v) is 4.20.